The van der Waals surface area contributed by atoms with Gasteiger partial charge in [0, 0.05) is 11.6 Å². The number of aliphatic hydroxyl groups is 1. The summed E-state index contributed by atoms with van der Waals surface area (Å²) in [6, 6.07) is 2.62. The van der Waals surface area contributed by atoms with E-state index in [9.17, 15) is 27.1 Å². The van der Waals surface area contributed by atoms with Gasteiger partial charge >= 0.3 is 0 Å². The van der Waals surface area contributed by atoms with Crippen molar-refractivity contribution in [2.75, 3.05) is 0 Å². The molecule has 0 radical (unpaired) electrons. The number of rotatable bonds is 2. The first-order valence-corrected chi connectivity index (χ1v) is 5.60. The zero-order chi connectivity index (χ0) is 15.0. The van der Waals surface area contributed by atoms with Crippen LogP contribution >= 0.6 is 0 Å². The van der Waals surface area contributed by atoms with Gasteiger partial charge in [-0.3, -0.25) is 0 Å². The molecule has 0 fully saturated rings. The molecule has 0 spiro atoms. The van der Waals surface area contributed by atoms with Crippen LogP contribution in [0.5, 0.6) is 0 Å². The van der Waals surface area contributed by atoms with Gasteiger partial charge in [0.25, 0.3) is 0 Å². The average Bonchev–Trinajstić information content (AvgIpc) is 2.38. The predicted molar refractivity (Wildman–Crippen MR) is 61.5 cm³/mol. The van der Waals surface area contributed by atoms with E-state index in [0.29, 0.717) is 6.07 Å². The third-order valence-electron chi connectivity index (χ3n) is 2.93. The Kier molecular flexibility index (Phi) is 3.76. The summed E-state index contributed by atoms with van der Waals surface area (Å²) >= 11 is 0. The number of aliphatic hydroxyl groups excluding tert-OH is 1. The second-order valence-corrected chi connectivity index (χ2v) is 4.28. The fourth-order valence-electron chi connectivity index (χ4n) is 1.83. The summed E-state index contributed by atoms with van der Waals surface area (Å²) in [5.74, 6) is -6.35. The van der Waals surface area contributed by atoms with Gasteiger partial charge in [-0.05, 0) is 24.6 Å². The van der Waals surface area contributed by atoms with Gasteiger partial charge in [-0.1, -0.05) is 6.07 Å². The standard InChI is InChI=1S/C14H9F5O/c1-6-2-3-8(15)12(13(6)19)14(20)7-4-10(17)11(18)5-9(7)16/h2-5,14,20H,1H3. The van der Waals surface area contributed by atoms with Gasteiger partial charge in [-0.2, -0.15) is 0 Å². The molecular formula is C14H9F5O. The van der Waals surface area contributed by atoms with Gasteiger partial charge in [0.05, 0.1) is 5.56 Å². The molecule has 0 aromatic heterocycles. The van der Waals surface area contributed by atoms with Crippen molar-refractivity contribution in [2.45, 2.75) is 13.0 Å². The van der Waals surface area contributed by atoms with Gasteiger partial charge in [0.15, 0.2) is 11.6 Å². The largest absolute Gasteiger partial charge is 0.383 e. The van der Waals surface area contributed by atoms with Crippen LogP contribution in [0.25, 0.3) is 0 Å². The molecule has 2 aromatic carbocycles. The van der Waals surface area contributed by atoms with Crippen molar-refractivity contribution in [3.63, 3.8) is 0 Å². The number of halogens is 5. The number of aryl methyl sites for hydroxylation is 1. The van der Waals surface area contributed by atoms with Crippen LogP contribution in [-0.4, -0.2) is 5.11 Å². The molecule has 0 heterocycles. The number of benzene rings is 2. The minimum atomic E-state index is -2.08. The van der Waals surface area contributed by atoms with E-state index in [1.165, 1.54) is 6.92 Å². The van der Waals surface area contributed by atoms with E-state index in [0.717, 1.165) is 12.1 Å². The molecule has 2 aromatic rings. The summed E-state index contributed by atoms with van der Waals surface area (Å²) < 4.78 is 66.8. The highest BCUT2D eigenvalue weighted by molar-refractivity contribution is 5.36. The lowest BCUT2D eigenvalue weighted by atomic mass is 9.98. The Morgan fingerprint density at radius 3 is 2.10 bits per heavy atom. The van der Waals surface area contributed by atoms with Crippen molar-refractivity contribution < 1.29 is 27.1 Å². The molecule has 106 valence electrons. The molecule has 20 heavy (non-hydrogen) atoms. The van der Waals surface area contributed by atoms with E-state index in [1.54, 1.807) is 0 Å². The van der Waals surface area contributed by atoms with Gasteiger partial charge < -0.3 is 5.11 Å². The van der Waals surface area contributed by atoms with Gasteiger partial charge in [0.1, 0.15) is 23.6 Å². The molecule has 2 rings (SSSR count). The Morgan fingerprint density at radius 2 is 1.45 bits per heavy atom. The highest BCUT2D eigenvalue weighted by Crippen LogP contribution is 2.30. The lowest BCUT2D eigenvalue weighted by Crippen LogP contribution is -2.10. The van der Waals surface area contributed by atoms with Crippen LogP contribution in [0, 0.1) is 36.0 Å². The van der Waals surface area contributed by atoms with E-state index >= 15 is 0 Å². The monoisotopic (exact) mass is 288 g/mol. The zero-order valence-corrected chi connectivity index (χ0v) is 10.2. The maximum atomic E-state index is 13.8. The lowest BCUT2D eigenvalue weighted by molar-refractivity contribution is 0.202. The molecular weight excluding hydrogens is 279 g/mol. The first kappa shape index (κ1) is 14.5. The van der Waals surface area contributed by atoms with Crippen LogP contribution < -0.4 is 0 Å². The quantitative estimate of drug-likeness (QED) is 0.659. The van der Waals surface area contributed by atoms with Crippen molar-refractivity contribution in [1.29, 1.82) is 0 Å². The topological polar surface area (TPSA) is 20.2 Å². The zero-order valence-electron chi connectivity index (χ0n) is 10.2. The third kappa shape index (κ3) is 2.38. The van der Waals surface area contributed by atoms with Crippen LogP contribution in [0.2, 0.25) is 0 Å². The Bertz CT molecular complexity index is 669. The van der Waals surface area contributed by atoms with Crippen LogP contribution in [0.1, 0.15) is 22.8 Å². The second kappa shape index (κ2) is 5.20. The molecule has 0 amide bonds. The van der Waals surface area contributed by atoms with E-state index in [4.69, 9.17) is 0 Å². The normalized spacial score (nSPS) is 12.6. The summed E-state index contributed by atoms with van der Waals surface area (Å²) in [5, 5.41) is 9.87. The van der Waals surface area contributed by atoms with Crippen molar-refractivity contribution in [3.8, 4) is 0 Å². The van der Waals surface area contributed by atoms with E-state index in [-0.39, 0.29) is 11.6 Å². The Balaban J connectivity index is 2.60. The molecule has 0 aliphatic carbocycles. The van der Waals surface area contributed by atoms with Crippen molar-refractivity contribution in [1.82, 2.24) is 0 Å². The average molecular weight is 288 g/mol. The summed E-state index contributed by atoms with van der Waals surface area (Å²) in [6.07, 6.45) is -2.08. The van der Waals surface area contributed by atoms with E-state index < -0.39 is 46.3 Å². The minimum absolute atomic E-state index is 0.0310. The van der Waals surface area contributed by atoms with E-state index in [2.05, 4.69) is 0 Å². The highest BCUT2D eigenvalue weighted by Gasteiger charge is 2.25. The molecule has 0 aliphatic heterocycles. The van der Waals surface area contributed by atoms with Crippen LogP contribution in [0.15, 0.2) is 24.3 Å². The second-order valence-electron chi connectivity index (χ2n) is 4.28. The Hall–Kier alpha value is -1.95. The minimum Gasteiger partial charge on any atom is -0.383 e. The maximum absolute atomic E-state index is 13.8. The smallest absolute Gasteiger partial charge is 0.161 e. The molecule has 1 nitrogen and oxygen atoms in total. The number of hydrogen-bond donors (Lipinski definition) is 1. The summed E-state index contributed by atoms with van der Waals surface area (Å²) in [7, 11) is 0. The SMILES string of the molecule is Cc1ccc(F)c(C(O)c2cc(F)c(F)cc2F)c1F. The highest BCUT2D eigenvalue weighted by atomic mass is 19.2. The van der Waals surface area contributed by atoms with Crippen molar-refractivity contribution >= 4 is 0 Å². The van der Waals surface area contributed by atoms with E-state index in [1.807, 2.05) is 0 Å². The molecule has 6 heteroatoms. The Labute approximate surface area is 111 Å². The molecule has 0 saturated heterocycles. The van der Waals surface area contributed by atoms with Gasteiger partial charge in [0.2, 0.25) is 0 Å². The molecule has 0 bridgehead atoms. The summed E-state index contributed by atoms with van der Waals surface area (Å²) in [6.45, 7) is 1.33. The van der Waals surface area contributed by atoms with Crippen molar-refractivity contribution in [2.24, 2.45) is 0 Å². The third-order valence-corrected chi connectivity index (χ3v) is 2.93. The molecule has 1 unspecified atom stereocenters. The summed E-state index contributed by atoms with van der Waals surface area (Å²) in [4.78, 5) is 0. The van der Waals surface area contributed by atoms with Crippen LogP contribution in [0.4, 0.5) is 22.0 Å². The maximum Gasteiger partial charge on any atom is 0.161 e. The van der Waals surface area contributed by atoms with Crippen LogP contribution in [-0.2, 0) is 0 Å². The molecule has 0 aliphatic rings. The Morgan fingerprint density at radius 1 is 0.850 bits per heavy atom. The fraction of sp³-hybridized carbons (Fsp3) is 0.143. The lowest BCUT2D eigenvalue weighted by Gasteiger charge is -2.15. The summed E-state index contributed by atoms with van der Waals surface area (Å²) in [5.41, 5.74) is -1.52. The molecule has 1 atom stereocenters. The molecule has 1 N–H and O–H groups in total. The first-order chi connectivity index (χ1) is 9.32. The predicted octanol–water partition coefficient (Wildman–Crippen LogP) is 3.77. The van der Waals surface area contributed by atoms with Crippen molar-refractivity contribution in [3.05, 3.63) is 70.0 Å². The van der Waals surface area contributed by atoms with Gasteiger partial charge in [-0.15, -0.1) is 0 Å². The molecule has 0 saturated carbocycles. The van der Waals surface area contributed by atoms with Gasteiger partial charge in [-0.25, -0.2) is 22.0 Å². The van der Waals surface area contributed by atoms with Crippen LogP contribution in [0.3, 0.4) is 0 Å². The fourth-order valence-corrected chi connectivity index (χ4v) is 1.83. The number of hydrogen-bond acceptors (Lipinski definition) is 1. The first-order valence-electron chi connectivity index (χ1n) is 5.60.